The van der Waals surface area contributed by atoms with Crippen molar-refractivity contribution in [3.05, 3.63) is 94.3 Å². The minimum absolute atomic E-state index is 0.0585. The normalized spacial score (nSPS) is 11.4. The molecule has 12 heteroatoms. The highest BCUT2D eigenvalue weighted by molar-refractivity contribution is 6.31. The topological polar surface area (TPSA) is 84.0 Å². The van der Waals surface area contributed by atoms with E-state index in [0.29, 0.717) is 17.1 Å². The molecule has 1 heterocycles. The van der Waals surface area contributed by atoms with Gasteiger partial charge in [-0.1, -0.05) is 11.6 Å². The number of fused-ring (bicyclic) bond motifs is 1. The lowest BCUT2D eigenvalue weighted by Crippen LogP contribution is -2.21. The maximum atomic E-state index is 15.1. The van der Waals surface area contributed by atoms with Gasteiger partial charge in [-0.05, 0) is 48.5 Å². The van der Waals surface area contributed by atoms with Crippen LogP contribution in [0.2, 0.25) is 5.02 Å². The number of urea groups is 1. The summed E-state index contributed by atoms with van der Waals surface area (Å²) in [5.74, 6) is -3.49. The fourth-order valence-electron chi connectivity index (χ4n) is 3.21. The second-order valence-electron chi connectivity index (χ2n) is 7.14. The molecule has 0 aliphatic carbocycles. The molecule has 6 nitrogen and oxygen atoms in total. The minimum Gasteiger partial charge on any atom is -0.308 e. The van der Waals surface area contributed by atoms with Gasteiger partial charge in [-0.2, -0.15) is 13.2 Å². The number of aromatic nitrogens is 2. The standard InChI is InChI=1S/C23H12ClF5N4O2/c24-14-10-12(2-3-13(14)23(27,28)29)32-22(35)33-17-6-4-15(25)19(20(17)26)21(34)11-1-5-16-18(9-11)31-8-7-30-16/h1-10H,(H2,32,33,35). The van der Waals surface area contributed by atoms with Crippen LogP contribution in [0.15, 0.2) is 60.9 Å². The molecule has 0 bridgehead atoms. The molecule has 178 valence electrons. The van der Waals surface area contributed by atoms with Gasteiger partial charge in [0.25, 0.3) is 0 Å². The second-order valence-corrected chi connectivity index (χ2v) is 7.55. The molecule has 0 unspecified atom stereocenters. The van der Waals surface area contributed by atoms with Gasteiger partial charge in [-0.15, -0.1) is 0 Å². The lowest BCUT2D eigenvalue weighted by atomic mass is 10.0. The first-order chi connectivity index (χ1) is 16.5. The van der Waals surface area contributed by atoms with Crippen molar-refractivity contribution in [2.45, 2.75) is 6.18 Å². The molecule has 35 heavy (non-hydrogen) atoms. The van der Waals surface area contributed by atoms with Crippen LogP contribution in [-0.2, 0) is 6.18 Å². The summed E-state index contributed by atoms with van der Waals surface area (Å²) in [6, 6.07) is 7.23. The summed E-state index contributed by atoms with van der Waals surface area (Å²) in [5.41, 5.74) is -1.91. The highest BCUT2D eigenvalue weighted by Crippen LogP contribution is 2.36. The van der Waals surface area contributed by atoms with Crippen LogP contribution >= 0.6 is 11.6 Å². The SMILES string of the molecule is O=C(Nc1ccc(C(F)(F)F)c(Cl)c1)Nc1ccc(F)c(C(=O)c2ccc3nccnc3c2)c1F. The average Bonchev–Trinajstić information content (AvgIpc) is 2.79. The van der Waals surface area contributed by atoms with Crippen molar-refractivity contribution in [3.63, 3.8) is 0 Å². The molecule has 4 aromatic rings. The molecule has 2 amide bonds. The molecule has 0 spiro atoms. The zero-order valence-electron chi connectivity index (χ0n) is 17.3. The van der Waals surface area contributed by atoms with Crippen LogP contribution < -0.4 is 10.6 Å². The Morgan fingerprint density at radius 2 is 1.57 bits per heavy atom. The number of hydrogen-bond donors (Lipinski definition) is 2. The third kappa shape index (κ3) is 5.04. The highest BCUT2D eigenvalue weighted by Gasteiger charge is 2.33. The van der Waals surface area contributed by atoms with Gasteiger partial charge in [0.15, 0.2) is 11.6 Å². The van der Waals surface area contributed by atoms with E-state index in [1.165, 1.54) is 30.6 Å². The molecule has 4 rings (SSSR count). The summed E-state index contributed by atoms with van der Waals surface area (Å²) in [6.07, 6.45) is -1.84. The number of amides is 2. The Balaban J connectivity index is 1.57. The quantitative estimate of drug-likeness (QED) is 0.246. The van der Waals surface area contributed by atoms with Crippen molar-refractivity contribution >= 4 is 45.8 Å². The molecule has 0 saturated heterocycles. The van der Waals surface area contributed by atoms with E-state index in [2.05, 4.69) is 20.6 Å². The van der Waals surface area contributed by atoms with Crippen molar-refractivity contribution in [3.8, 4) is 0 Å². The zero-order valence-corrected chi connectivity index (χ0v) is 18.0. The van der Waals surface area contributed by atoms with Gasteiger partial charge in [0.2, 0.25) is 0 Å². The third-order valence-corrected chi connectivity index (χ3v) is 5.14. The van der Waals surface area contributed by atoms with Gasteiger partial charge in [0.1, 0.15) is 5.82 Å². The Morgan fingerprint density at radius 3 is 2.26 bits per heavy atom. The van der Waals surface area contributed by atoms with Crippen LogP contribution in [0, 0.1) is 11.6 Å². The van der Waals surface area contributed by atoms with Gasteiger partial charge in [0, 0.05) is 23.6 Å². The Labute approximate surface area is 198 Å². The van der Waals surface area contributed by atoms with E-state index >= 15 is 4.39 Å². The first-order valence-corrected chi connectivity index (χ1v) is 10.1. The molecule has 0 fully saturated rings. The molecule has 1 aromatic heterocycles. The summed E-state index contributed by atoms with van der Waals surface area (Å²) in [7, 11) is 0. The van der Waals surface area contributed by atoms with E-state index in [1.54, 1.807) is 0 Å². The van der Waals surface area contributed by atoms with Gasteiger partial charge in [0.05, 0.1) is 32.9 Å². The molecule has 2 N–H and O–H groups in total. The summed E-state index contributed by atoms with van der Waals surface area (Å²) in [4.78, 5) is 33.2. The maximum absolute atomic E-state index is 15.1. The molecular formula is C23H12ClF5N4O2. The minimum atomic E-state index is -4.68. The molecule has 3 aromatic carbocycles. The first kappa shape index (κ1) is 24.0. The van der Waals surface area contributed by atoms with Gasteiger partial charge in [-0.3, -0.25) is 14.8 Å². The van der Waals surface area contributed by atoms with E-state index in [1.807, 2.05) is 0 Å². The number of nitrogens with one attached hydrogen (secondary N) is 2. The van der Waals surface area contributed by atoms with Crippen molar-refractivity contribution in [1.82, 2.24) is 9.97 Å². The van der Waals surface area contributed by atoms with Crippen molar-refractivity contribution < 1.29 is 31.5 Å². The van der Waals surface area contributed by atoms with Crippen LogP contribution in [0.4, 0.5) is 38.1 Å². The Hall–Kier alpha value is -4.12. The summed E-state index contributed by atoms with van der Waals surface area (Å²) < 4.78 is 67.9. The fraction of sp³-hybridized carbons (Fsp3) is 0.0435. The Bertz CT molecular complexity index is 1480. The lowest BCUT2D eigenvalue weighted by molar-refractivity contribution is -0.137. The van der Waals surface area contributed by atoms with Crippen LogP contribution in [0.1, 0.15) is 21.5 Å². The van der Waals surface area contributed by atoms with Crippen LogP contribution in [0.25, 0.3) is 11.0 Å². The summed E-state index contributed by atoms with van der Waals surface area (Å²) in [6.45, 7) is 0. The number of rotatable bonds is 4. The van der Waals surface area contributed by atoms with Gasteiger partial charge >= 0.3 is 12.2 Å². The van der Waals surface area contributed by atoms with E-state index in [4.69, 9.17) is 11.6 Å². The predicted octanol–water partition coefficient (Wildman–Crippen LogP) is 6.46. The number of hydrogen-bond acceptors (Lipinski definition) is 4. The largest absolute Gasteiger partial charge is 0.417 e. The van der Waals surface area contributed by atoms with Crippen LogP contribution in [0.5, 0.6) is 0 Å². The summed E-state index contributed by atoms with van der Waals surface area (Å²) >= 11 is 5.61. The van der Waals surface area contributed by atoms with Crippen molar-refractivity contribution in [2.24, 2.45) is 0 Å². The van der Waals surface area contributed by atoms with Crippen molar-refractivity contribution in [2.75, 3.05) is 10.6 Å². The number of alkyl halides is 3. The Morgan fingerprint density at radius 1 is 0.857 bits per heavy atom. The van der Waals surface area contributed by atoms with E-state index < -0.39 is 51.5 Å². The number of anilines is 2. The number of carbonyl (C=O) groups is 2. The number of ketones is 1. The lowest BCUT2D eigenvalue weighted by Gasteiger charge is -2.13. The maximum Gasteiger partial charge on any atom is 0.417 e. The van der Waals surface area contributed by atoms with E-state index in [0.717, 1.165) is 24.3 Å². The number of carbonyl (C=O) groups excluding carboxylic acids is 2. The molecule has 0 radical (unpaired) electrons. The molecular weight excluding hydrogens is 495 g/mol. The predicted molar refractivity (Wildman–Crippen MR) is 118 cm³/mol. The second kappa shape index (κ2) is 9.26. The van der Waals surface area contributed by atoms with Crippen LogP contribution in [-0.4, -0.2) is 21.8 Å². The molecule has 0 saturated carbocycles. The first-order valence-electron chi connectivity index (χ1n) is 9.73. The monoisotopic (exact) mass is 506 g/mol. The van der Waals surface area contributed by atoms with Gasteiger partial charge in [-0.25, -0.2) is 13.6 Å². The van der Waals surface area contributed by atoms with Gasteiger partial charge < -0.3 is 10.6 Å². The third-order valence-electron chi connectivity index (χ3n) is 4.83. The number of halogens is 6. The number of nitrogens with zero attached hydrogens (tertiary/aromatic N) is 2. The fourth-order valence-corrected chi connectivity index (χ4v) is 3.50. The Kier molecular flexibility index (Phi) is 6.35. The van der Waals surface area contributed by atoms with E-state index in [-0.39, 0.29) is 11.3 Å². The van der Waals surface area contributed by atoms with Crippen LogP contribution in [0.3, 0.4) is 0 Å². The average molecular weight is 507 g/mol. The smallest absolute Gasteiger partial charge is 0.308 e. The summed E-state index contributed by atoms with van der Waals surface area (Å²) in [5, 5.41) is 3.63. The van der Waals surface area contributed by atoms with Crippen molar-refractivity contribution in [1.29, 1.82) is 0 Å². The molecule has 0 aliphatic rings. The number of benzene rings is 3. The zero-order chi connectivity index (χ0) is 25.3. The highest BCUT2D eigenvalue weighted by atomic mass is 35.5. The molecule has 0 aliphatic heterocycles. The molecule has 0 atom stereocenters. The van der Waals surface area contributed by atoms with E-state index in [9.17, 15) is 27.2 Å².